The number of carbonyl (C=O) groups is 3. The van der Waals surface area contributed by atoms with Gasteiger partial charge in [-0.1, -0.05) is 65.3 Å². The van der Waals surface area contributed by atoms with Crippen LogP contribution in [0.1, 0.15) is 87.5 Å². The predicted octanol–water partition coefficient (Wildman–Crippen LogP) is 4.98. The Bertz CT molecular complexity index is 1060. The molecule has 224 valence electrons. The Balaban J connectivity index is 1.91. The number of thioether (sulfide) groups is 1. The maximum Gasteiger partial charge on any atom is 0.311 e. The van der Waals surface area contributed by atoms with E-state index >= 15 is 0 Å². The topological polar surface area (TPSA) is 87.2 Å². The first kappa shape index (κ1) is 31.1. The van der Waals surface area contributed by atoms with Crippen molar-refractivity contribution in [2.45, 2.75) is 115 Å². The van der Waals surface area contributed by atoms with E-state index < -0.39 is 39.0 Å². The van der Waals surface area contributed by atoms with Crippen LogP contribution < -0.4 is 0 Å². The lowest BCUT2D eigenvalue weighted by molar-refractivity contribution is -0.155. The molecule has 1 N–H and O–H groups in total. The molecular formula is C32H50N2O5S. The van der Waals surface area contributed by atoms with Gasteiger partial charge in [0, 0.05) is 16.8 Å². The standard InChI is InChI=1S/C32H50N2O5S/c1-9-21(2)22(19-35)34-25-27(37)33(30(6,7)20-29(3,4)5)17-14-16-32(25)23(26(34)36)24-28(38)39-18-13-11-10-12-15-31(24,8)40-32/h12,14-16,21-25,35H,9-11,13,17-20H2,1-8H3/b15-12-/t21-,22-,23-,24+,25?,31-,32-/m0/s1. The number of likely N-dealkylation sites (tertiary alicyclic amines) is 1. The molecule has 4 aliphatic heterocycles. The van der Waals surface area contributed by atoms with Crippen molar-refractivity contribution in [2.24, 2.45) is 23.2 Å². The molecule has 4 rings (SSSR count). The highest BCUT2D eigenvalue weighted by atomic mass is 32.2. The van der Waals surface area contributed by atoms with E-state index in [2.05, 4.69) is 52.8 Å². The van der Waals surface area contributed by atoms with Crippen LogP contribution in [0.3, 0.4) is 0 Å². The highest BCUT2D eigenvalue weighted by Crippen LogP contribution is 2.66. The first-order valence-corrected chi connectivity index (χ1v) is 15.9. The second-order valence-corrected chi connectivity index (χ2v) is 16.1. The van der Waals surface area contributed by atoms with Crippen molar-refractivity contribution in [2.75, 3.05) is 19.8 Å². The van der Waals surface area contributed by atoms with Gasteiger partial charge in [-0.3, -0.25) is 14.4 Å². The van der Waals surface area contributed by atoms with Gasteiger partial charge in [-0.05, 0) is 57.8 Å². The van der Waals surface area contributed by atoms with Crippen molar-refractivity contribution in [3.8, 4) is 0 Å². The van der Waals surface area contributed by atoms with E-state index in [-0.39, 0.29) is 35.7 Å². The molecular weight excluding hydrogens is 524 g/mol. The summed E-state index contributed by atoms with van der Waals surface area (Å²) in [4.78, 5) is 46.9. The first-order chi connectivity index (χ1) is 18.6. The number of ether oxygens (including phenoxy) is 1. The molecule has 7 atom stereocenters. The van der Waals surface area contributed by atoms with Crippen LogP contribution >= 0.6 is 11.8 Å². The summed E-state index contributed by atoms with van der Waals surface area (Å²) in [6, 6.07) is -1.35. The van der Waals surface area contributed by atoms with Crippen LogP contribution in [0.5, 0.6) is 0 Å². The van der Waals surface area contributed by atoms with Gasteiger partial charge in [0.25, 0.3) is 0 Å². The van der Waals surface area contributed by atoms with Crippen LogP contribution in [0.25, 0.3) is 0 Å². The number of aliphatic hydroxyl groups excluding tert-OH is 1. The molecule has 8 heteroatoms. The van der Waals surface area contributed by atoms with E-state index in [1.807, 2.05) is 31.7 Å². The molecule has 0 aromatic carbocycles. The summed E-state index contributed by atoms with van der Waals surface area (Å²) in [5.41, 5.74) is -0.477. The number of allylic oxidation sites excluding steroid dienone is 1. The fourth-order valence-electron chi connectivity index (χ4n) is 7.85. The molecule has 0 aromatic heterocycles. The summed E-state index contributed by atoms with van der Waals surface area (Å²) in [6.07, 6.45) is 12.4. The number of nitrogens with zero attached hydrogens (tertiary/aromatic N) is 2. The van der Waals surface area contributed by atoms with E-state index in [0.29, 0.717) is 13.2 Å². The third-order valence-electron chi connectivity index (χ3n) is 9.48. The predicted molar refractivity (Wildman–Crippen MR) is 160 cm³/mol. The lowest BCUT2D eigenvalue weighted by atomic mass is 9.74. The van der Waals surface area contributed by atoms with Gasteiger partial charge in [-0.15, -0.1) is 11.8 Å². The third-order valence-corrected chi connectivity index (χ3v) is 11.3. The van der Waals surface area contributed by atoms with Crippen molar-refractivity contribution in [1.82, 2.24) is 9.80 Å². The molecule has 0 aromatic rings. The summed E-state index contributed by atoms with van der Waals surface area (Å²) in [5.74, 6) is -2.19. The molecule has 0 aliphatic carbocycles. The van der Waals surface area contributed by atoms with Crippen LogP contribution in [0.15, 0.2) is 24.3 Å². The smallest absolute Gasteiger partial charge is 0.311 e. The minimum atomic E-state index is -0.946. The minimum absolute atomic E-state index is 0.0117. The van der Waals surface area contributed by atoms with Crippen LogP contribution in [-0.2, 0) is 19.1 Å². The van der Waals surface area contributed by atoms with E-state index in [9.17, 15) is 19.5 Å². The molecule has 4 heterocycles. The maximum absolute atomic E-state index is 14.9. The number of hydrogen-bond acceptors (Lipinski definition) is 6. The van der Waals surface area contributed by atoms with Crippen LogP contribution in [0.2, 0.25) is 0 Å². The fourth-order valence-corrected chi connectivity index (χ4v) is 9.99. The van der Waals surface area contributed by atoms with Gasteiger partial charge in [0.1, 0.15) is 6.04 Å². The van der Waals surface area contributed by atoms with E-state index in [1.54, 1.807) is 16.7 Å². The Kier molecular flexibility index (Phi) is 8.66. The largest absolute Gasteiger partial charge is 0.465 e. The van der Waals surface area contributed by atoms with Crippen molar-refractivity contribution in [3.05, 3.63) is 24.3 Å². The van der Waals surface area contributed by atoms with Crippen molar-refractivity contribution in [3.63, 3.8) is 0 Å². The number of amides is 2. The summed E-state index contributed by atoms with van der Waals surface area (Å²) in [6.45, 7) is 17.3. The molecule has 0 radical (unpaired) electrons. The van der Waals surface area contributed by atoms with Gasteiger partial charge in [0.05, 0.1) is 35.8 Å². The number of hydrogen-bond donors (Lipinski definition) is 1. The average molecular weight is 575 g/mol. The summed E-state index contributed by atoms with van der Waals surface area (Å²) in [5, 5.41) is 10.6. The summed E-state index contributed by atoms with van der Waals surface area (Å²) in [7, 11) is 0. The molecule has 1 spiro atoms. The number of carbonyl (C=O) groups excluding carboxylic acids is 3. The Morgan fingerprint density at radius 1 is 1.07 bits per heavy atom. The fraction of sp³-hybridized carbons (Fsp3) is 0.781. The molecule has 2 amide bonds. The maximum atomic E-state index is 14.9. The monoisotopic (exact) mass is 574 g/mol. The van der Waals surface area contributed by atoms with Gasteiger partial charge < -0.3 is 19.6 Å². The van der Waals surface area contributed by atoms with Crippen LogP contribution in [-0.4, -0.2) is 79.6 Å². The molecule has 0 bridgehead atoms. The van der Waals surface area contributed by atoms with E-state index in [0.717, 1.165) is 32.1 Å². The van der Waals surface area contributed by atoms with Gasteiger partial charge in [-0.2, -0.15) is 0 Å². The number of fused-ring (bicyclic) bond motifs is 2. The zero-order chi connectivity index (χ0) is 29.7. The Labute approximate surface area is 245 Å². The van der Waals surface area contributed by atoms with Crippen molar-refractivity contribution < 1.29 is 24.2 Å². The Morgan fingerprint density at radius 2 is 1.77 bits per heavy atom. The van der Waals surface area contributed by atoms with Crippen LogP contribution in [0.4, 0.5) is 0 Å². The van der Waals surface area contributed by atoms with Crippen molar-refractivity contribution in [1.29, 1.82) is 0 Å². The summed E-state index contributed by atoms with van der Waals surface area (Å²) < 4.78 is 4.13. The number of aliphatic hydroxyl groups is 1. The van der Waals surface area contributed by atoms with Gasteiger partial charge in [0.2, 0.25) is 11.8 Å². The summed E-state index contributed by atoms with van der Waals surface area (Å²) >= 11 is 1.57. The minimum Gasteiger partial charge on any atom is -0.465 e. The number of cyclic esters (lactones) is 1. The SMILES string of the molecule is CC[C@H](C)[C@H](CO)N1C(=O)[C@@H]2[C@@H]3C(=O)OCCCC/C=C\[C@]3(C)S[C@@]23C=CCN(C(C)(C)CC(C)(C)C)C(=O)C13. The van der Waals surface area contributed by atoms with Crippen LogP contribution in [0, 0.1) is 23.2 Å². The Hall–Kier alpha value is -1.80. The first-order valence-electron chi connectivity index (χ1n) is 15.1. The van der Waals surface area contributed by atoms with Gasteiger partial charge in [-0.25, -0.2) is 0 Å². The normalized spacial score (nSPS) is 35.4. The molecule has 40 heavy (non-hydrogen) atoms. The highest BCUT2D eigenvalue weighted by molar-refractivity contribution is 8.02. The van der Waals surface area contributed by atoms with Gasteiger partial charge in [0.15, 0.2) is 0 Å². The third kappa shape index (κ3) is 5.28. The zero-order valence-corrected chi connectivity index (χ0v) is 26.6. The average Bonchev–Trinajstić information content (AvgIpc) is 3.17. The second-order valence-electron chi connectivity index (χ2n) is 14.3. The lowest BCUT2D eigenvalue weighted by Gasteiger charge is -2.46. The zero-order valence-electron chi connectivity index (χ0n) is 25.7. The van der Waals surface area contributed by atoms with E-state index in [1.165, 1.54) is 0 Å². The molecule has 0 saturated carbocycles. The number of rotatable bonds is 6. The van der Waals surface area contributed by atoms with E-state index in [4.69, 9.17) is 4.74 Å². The Morgan fingerprint density at radius 3 is 2.40 bits per heavy atom. The number of esters is 1. The van der Waals surface area contributed by atoms with Gasteiger partial charge >= 0.3 is 5.97 Å². The lowest BCUT2D eigenvalue weighted by Crippen LogP contribution is -2.61. The molecule has 1 unspecified atom stereocenters. The molecule has 7 nitrogen and oxygen atoms in total. The molecule has 4 aliphatic rings. The highest BCUT2D eigenvalue weighted by Gasteiger charge is 2.75. The quantitative estimate of drug-likeness (QED) is 0.356. The molecule has 2 saturated heterocycles. The van der Waals surface area contributed by atoms with Crippen molar-refractivity contribution >= 4 is 29.5 Å². The molecule has 2 fully saturated rings. The second kappa shape index (κ2) is 11.1.